The summed E-state index contributed by atoms with van der Waals surface area (Å²) in [5.74, 6) is -0.388. The number of rotatable bonds is 3. The molecule has 0 spiro atoms. The molecule has 1 amide bonds. The summed E-state index contributed by atoms with van der Waals surface area (Å²) in [6.07, 6.45) is 1.54. The Morgan fingerprint density at radius 3 is 2.46 bits per heavy atom. The van der Waals surface area contributed by atoms with Gasteiger partial charge in [-0.25, -0.2) is 8.42 Å². The number of carbonyl (C=O) groups is 1. The molecule has 1 aliphatic heterocycles. The molecule has 24 heavy (non-hydrogen) atoms. The standard InChI is InChI=1S/C18H16ClNO3S/c1-13-5-7-14(8-6-13)18(21)20(16-4-2-3-15(19)11-16)17-9-10-24(22,23)12-17/h2-11,17H,12H2,1H3/t17-/m0/s1. The van der Waals surface area contributed by atoms with Crippen molar-refractivity contribution >= 4 is 33.0 Å². The van der Waals surface area contributed by atoms with Crippen molar-refractivity contribution in [3.8, 4) is 0 Å². The Morgan fingerprint density at radius 2 is 1.88 bits per heavy atom. The van der Waals surface area contributed by atoms with Crippen molar-refractivity contribution < 1.29 is 13.2 Å². The number of sulfone groups is 1. The summed E-state index contributed by atoms with van der Waals surface area (Å²) >= 11 is 6.05. The van der Waals surface area contributed by atoms with Crippen LogP contribution in [-0.2, 0) is 9.84 Å². The molecule has 1 atom stereocenters. The van der Waals surface area contributed by atoms with Crippen molar-refractivity contribution in [2.24, 2.45) is 0 Å². The van der Waals surface area contributed by atoms with Crippen molar-refractivity contribution in [2.75, 3.05) is 10.7 Å². The average Bonchev–Trinajstić information content (AvgIpc) is 2.88. The zero-order chi connectivity index (χ0) is 17.3. The van der Waals surface area contributed by atoms with E-state index in [1.165, 1.54) is 4.90 Å². The van der Waals surface area contributed by atoms with Crippen LogP contribution in [0.2, 0.25) is 5.02 Å². The molecule has 1 heterocycles. The van der Waals surface area contributed by atoms with Gasteiger partial charge in [-0.15, -0.1) is 0 Å². The second kappa shape index (κ2) is 6.42. The van der Waals surface area contributed by atoms with Crippen LogP contribution in [0.4, 0.5) is 5.69 Å². The zero-order valence-electron chi connectivity index (χ0n) is 13.0. The van der Waals surface area contributed by atoms with Gasteiger partial charge < -0.3 is 4.90 Å². The maximum absolute atomic E-state index is 13.0. The van der Waals surface area contributed by atoms with Gasteiger partial charge in [0, 0.05) is 21.7 Å². The number of hydrogen-bond acceptors (Lipinski definition) is 3. The molecule has 0 N–H and O–H groups in total. The molecule has 0 fully saturated rings. The van der Waals surface area contributed by atoms with Gasteiger partial charge in [-0.05, 0) is 43.3 Å². The van der Waals surface area contributed by atoms with E-state index in [-0.39, 0.29) is 11.7 Å². The molecule has 0 saturated carbocycles. The van der Waals surface area contributed by atoms with E-state index in [2.05, 4.69) is 0 Å². The van der Waals surface area contributed by atoms with Crippen LogP contribution >= 0.6 is 11.6 Å². The number of carbonyl (C=O) groups excluding carboxylic acids is 1. The van der Waals surface area contributed by atoms with Crippen molar-refractivity contribution in [3.05, 3.63) is 76.2 Å². The molecular weight excluding hydrogens is 346 g/mol. The highest BCUT2D eigenvalue weighted by molar-refractivity contribution is 7.94. The Balaban J connectivity index is 2.03. The predicted molar refractivity (Wildman–Crippen MR) is 96.2 cm³/mol. The van der Waals surface area contributed by atoms with Crippen LogP contribution in [0.15, 0.2) is 60.0 Å². The minimum Gasteiger partial charge on any atom is -0.300 e. The number of hydrogen-bond donors (Lipinski definition) is 0. The highest BCUT2D eigenvalue weighted by Crippen LogP contribution is 2.27. The van der Waals surface area contributed by atoms with Crippen molar-refractivity contribution in [2.45, 2.75) is 13.0 Å². The number of amides is 1. The highest BCUT2D eigenvalue weighted by Gasteiger charge is 2.32. The van der Waals surface area contributed by atoms with Gasteiger partial charge in [0.15, 0.2) is 9.84 Å². The minimum atomic E-state index is -3.29. The van der Waals surface area contributed by atoms with E-state index < -0.39 is 15.9 Å². The predicted octanol–water partition coefficient (Wildman–Crippen LogP) is 3.61. The lowest BCUT2D eigenvalue weighted by Gasteiger charge is -2.28. The molecular formula is C18H16ClNO3S. The van der Waals surface area contributed by atoms with Crippen LogP contribution in [0.1, 0.15) is 15.9 Å². The topological polar surface area (TPSA) is 54.5 Å². The van der Waals surface area contributed by atoms with E-state index in [1.54, 1.807) is 42.5 Å². The Kier molecular flexibility index (Phi) is 4.47. The van der Waals surface area contributed by atoms with Gasteiger partial charge in [0.1, 0.15) is 0 Å². The van der Waals surface area contributed by atoms with Crippen molar-refractivity contribution in [3.63, 3.8) is 0 Å². The van der Waals surface area contributed by atoms with Crippen molar-refractivity contribution in [1.82, 2.24) is 0 Å². The highest BCUT2D eigenvalue weighted by atomic mass is 35.5. The first-order valence-electron chi connectivity index (χ1n) is 7.42. The molecule has 0 radical (unpaired) electrons. The normalized spacial score (nSPS) is 18.5. The van der Waals surface area contributed by atoms with Gasteiger partial charge in [0.25, 0.3) is 5.91 Å². The monoisotopic (exact) mass is 361 g/mol. The summed E-state index contributed by atoms with van der Waals surface area (Å²) in [6, 6.07) is 13.5. The Hall–Kier alpha value is -2.11. The minimum absolute atomic E-state index is 0.128. The van der Waals surface area contributed by atoms with Gasteiger partial charge in [-0.1, -0.05) is 35.4 Å². The quantitative estimate of drug-likeness (QED) is 0.839. The summed E-state index contributed by atoms with van der Waals surface area (Å²) in [6.45, 7) is 1.94. The van der Waals surface area contributed by atoms with E-state index >= 15 is 0 Å². The van der Waals surface area contributed by atoms with Gasteiger partial charge in [-0.3, -0.25) is 4.79 Å². The number of aryl methyl sites for hydroxylation is 1. The van der Waals surface area contributed by atoms with E-state index in [0.717, 1.165) is 11.0 Å². The van der Waals surface area contributed by atoms with Gasteiger partial charge >= 0.3 is 0 Å². The molecule has 6 heteroatoms. The van der Waals surface area contributed by atoms with Crippen LogP contribution in [-0.4, -0.2) is 26.1 Å². The van der Waals surface area contributed by atoms with Crippen LogP contribution < -0.4 is 4.90 Å². The molecule has 2 aromatic carbocycles. The molecule has 0 bridgehead atoms. The molecule has 4 nitrogen and oxygen atoms in total. The van der Waals surface area contributed by atoms with Crippen LogP contribution in [0.5, 0.6) is 0 Å². The van der Waals surface area contributed by atoms with Crippen LogP contribution in [0, 0.1) is 6.92 Å². The first-order valence-corrected chi connectivity index (χ1v) is 9.52. The van der Waals surface area contributed by atoms with Crippen molar-refractivity contribution in [1.29, 1.82) is 0 Å². The summed E-state index contributed by atoms with van der Waals surface area (Å²) in [5, 5.41) is 1.65. The smallest absolute Gasteiger partial charge is 0.258 e. The molecule has 0 saturated heterocycles. The molecule has 1 aliphatic rings. The zero-order valence-corrected chi connectivity index (χ0v) is 14.6. The van der Waals surface area contributed by atoms with Crippen LogP contribution in [0.3, 0.4) is 0 Å². The number of nitrogens with zero attached hydrogens (tertiary/aromatic N) is 1. The van der Waals surface area contributed by atoms with Crippen LogP contribution in [0.25, 0.3) is 0 Å². The number of anilines is 1. The summed E-state index contributed by atoms with van der Waals surface area (Å²) in [4.78, 5) is 14.5. The van der Waals surface area contributed by atoms with E-state index in [4.69, 9.17) is 11.6 Å². The third kappa shape index (κ3) is 3.52. The third-order valence-electron chi connectivity index (χ3n) is 3.85. The summed E-state index contributed by atoms with van der Waals surface area (Å²) in [7, 11) is -3.29. The molecule has 124 valence electrons. The summed E-state index contributed by atoms with van der Waals surface area (Å²) in [5.41, 5.74) is 2.11. The van der Waals surface area contributed by atoms with E-state index in [9.17, 15) is 13.2 Å². The third-order valence-corrected chi connectivity index (χ3v) is 5.46. The second-order valence-corrected chi connectivity index (χ2v) is 8.11. The summed E-state index contributed by atoms with van der Waals surface area (Å²) < 4.78 is 23.6. The molecule has 3 rings (SSSR count). The lowest BCUT2D eigenvalue weighted by atomic mass is 10.1. The fourth-order valence-electron chi connectivity index (χ4n) is 2.64. The number of halogens is 1. The maximum Gasteiger partial charge on any atom is 0.258 e. The van der Waals surface area contributed by atoms with Gasteiger partial charge in [0.2, 0.25) is 0 Å². The maximum atomic E-state index is 13.0. The average molecular weight is 362 g/mol. The number of benzene rings is 2. The SMILES string of the molecule is Cc1ccc(C(=O)N(c2cccc(Cl)c2)[C@H]2C=CS(=O)(=O)C2)cc1. The fourth-order valence-corrected chi connectivity index (χ4v) is 4.09. The lowest BCUT2D eigenvalue weighted by molar-refractivity contribution is 0.0983. The van der Waals surface area contributed by atoms with Gasteiger partial charge in [0.05, 0.1) is 11.8 Å². The molecule has 0 aromatic heterocycles. The Labute approximate surface area is 146 Å². The van der Waals surface area contributed by atoms with E-state index in [1.807, 2.05) is 19.1 Å². The first kappa shape index (κ1) is 16.7. The largest absolute Gasteiger partial charge is 0.300 e. The van der Waals surface area contributed by atoms with E-state index in [0.29, 0.717) is 16.3 Å². The Bertz CT molecular complexity index is 904. The Morgan fingerprint density at radius 1 is 1.17 bits per heavy atom. The molecule has 0 unspecified atom stereocenters. The lowest BCUT2D eigenvalue weighted by Crippen LogP contribution is -2.41. The van der Waals surface area contributed by atoms with Gasteiger partial charge in [-0.2, -0.15) is 0 Å². The fraction of sp³-hybridized carbons (Fsp3) is 0.167. The second-order valence-electron chi connectivity index (χ2n) is 5.75. The first-order chi connectivity index (χ1) is 11.4. The molecule has 0 aliphatic carbocycles. The molecule has 2 aromatic rings.